The molecule has 0 aromatic heterocycles. The Morgan fingerprint density at radius 2 is 2.04 bits per heavy atom. The van der Waals surface area contributed by atoms with Crippen LogP contribution in [0.4, 0.5) is 0 Å². The average Bonchev–Trinajstić information content (AvgIpc) is 3.18. The number of hydrogen-bond donors (Lipinski definition) is 1. The lowest BCUT2D eigenvalue weighted by atomic mass is 10.0. The Balaban J connectivity index is 1.64. The second-order valence-electron chi connectivity index (χ2n) is 6.44. The van der Waals surface area contributed by atoms with Crippen LogP contribution >= 0.6 is 0 Å². The largest absolute Gasteiger partial charge is 0.497 e. The summed E-state index contributed by atoms with van der Waals surface area (Å²) in [6.07, 6.45) is 2.18. The normalized spacial score (nSPS) is 16.3. The first kappa shape index (κ1) is 18.3. The van der Waals surface area contributed by atoms with Crippen LogP contribution in [0.2, 0.25) is 0 Å². The quantitative estimate of drug-likeness (QED) is 0.828. The fourth-order valence-corrected chi connectivity index (χ4v) is 3.06. The highest BCUT2D eigenvalue weighted by atomic mass is 16.5. The minimum Gasteiger partial charge on any atom is -0.497 e. The third kappa shape index (κ3) is 4.76. The summed E-state index contributed by atoms with van der Waals surface area (Å²) in [6.45, 7) is 3.35. The zero-order valence-electron chi connectivity index (χ0n) is 15.3. The van der Waals surface area contributed by atoms with Crippen LogP contribution < -0.4 is 14.8 Å². The molecule has 1 fully saturated rings. The highest BCUT2D eigenvalue weighted by molar-refractivity contribution is 5.77. The molecule has 1 amide bonds. The highest BCUT2D eigenvalue weighted by Crippen LogP contribution is 2.31. The fourth-order valence-electron chi connectivity index (χ4n) is 3.06. The second kappa shape index (κ2) is 8.72. The smallest absolute Gasteiger partial charge is 0.258 e. The van der Waals surface area contributed by atoms with Crippen LogP contribution in [0.5, 0.6) is 11.5 Å². The van der Waals surface area contributed by atoms with Gasteiger partial charge in [-0.3, -0.25) is 4.79 Å². The van der Waals surface area contributed by atoms with Gasteiger partial charge in [0.2, 0.25) is 0 Å². The molecule has 26 heavy (non-hydrogen) atoms. The minimum absolute atomic E-state index is 0.0346. The molecule has 1 heterocycles. The zero-order chi connectivity index (χ0) is 18.4. The maximum atomic E-state index is 12.0. The van der Waals surface area contributed by atoms with Crippen LogP contribution in [0, 0.1) is 6.92 Å². The second-order valence-corrected chi connectivity index (χ2v) is 6.44. The Labute approximate surface area is 154 Å². The van der Waals surface area contributed by atoms with Crippen molar-refractivity contribution in [1.29, 1.82) is 0 Å². The molecule has 0 aliphatic carbocycles. The maximum absolute atomic E-state index is 12.0. The van der Waals surface area contributed by atoms with Gasteiger partial charge in [-0.05, 0) is 48.6 Å². The molecule has 5 nitrogen and oxygen atoms in total. The van der Waals surface area contributed by atoms with Crippen LogP contribution in [-0.2, 0) is 9.53 Å². The van der Waals surface area contributed by atoms with Gasteiger partial charge in [0.05, 0.1) is 13.2 Å². The molecular formula is C21H25NO4. The van der Waals surface area contributed by atoms with E-state index < -0.39 is 0 Å². The van der Waals surface area contributed by atoms with E-state index in [4.69, 9.17) is 14.2 Å². The third-order valence-corrected chi connectivity index (χ3v) is 4.49. The summed E-state index contributed by atoms with van der Waals surface area (Å²) in [5.74, 6) is 1.15. The molecule has 1 aliphatic heterocycles. The van der Waals surface area contributed by atoms with Gasteiger partial charge in [-0.2, -0.15) is 0 Å². The molecule has 0 saturated carbocycles. The first-order valence-corrected chi connectivity index (χ1v) is 8.92. The van der Waals surface area contributed by atoms with Crippen molar-refractivity contribution in [2.45, 2.75) is 25.9 Å². The minimum atomic E-state index is -0.152. The maximum Gasteiger partial charge on any atom is 0.258 e. The van der Waals surface area contributed by atoms with Crippen molar-refractivity contribution in [3.05, 3.63) is 48.0 Å². The van der Waals surface area contributed by atoms with Crippen LogP contribution in [0.15, 0.2) is 42.5 Å². The van der Waals surface area contributed by atoms with Gasteiger partial charge < -0.3 is 19.5 Å². The zero-order valence-corrected chi connectivity index (χ0v) is 15.3. The van der Waals surface area contributed by atoms with E-state index in [0.717, 1.165) is 30.6 Å². The predicted molar refractivity (Wildman–Crippen MR) is 101 cm³/mol. The molecule has 1 N–H and O–H groups in total. The van der Waals surface area contributed by atoms with Gasteiger partial charge in [-0.15, -0.1) is 0 Å². The van der Waals surface area contributed by atoms with Crippen molar-refractivity contribution in [2.24, 2.45) is 0 Å². The summed E-state index contributed by atoms with van der Waals surface area (Å²) in [5.41, 5.74) is 3.28. The van der Waals surface area contributed by atoms with Crippen LogP contribution in [0.1, 0.15) is 18.4 Å². The summed E-state index contributed by atoms with van der Waals surface area (Å²) < 4.78 is 16.6. The molecule has 0 radical (unpaired) electrons. The first-order chi connectivity index (χ1) is 12.7. The number of ether oxygens (including phenoxy) is 3. The molecule has 0 spiro atoms. The standard InChI is InChI=1S/C21H25NO4/c1-15-6-3-4-8-20(15)16-10-18(24-2)12-19(11-16)26-14-21(23)22-13-17-7-5-9-25-17/h3-4,6,8,10-12,17H,5,7,9,13-14H2,1-2H3,(H,22,23). The van der Waals surface area contributed by atoms with E-state index in [0.29, 0.717) is 18.0 Å². The number of rotatable bonds is 7. The highest BCUT2D eigenvalue weighted by Gasteiger charge is 2.16. The van der Waals surface area contributed by atoms with Gasteiger partial charge >= 0.3 is 0 Å². The Morgan fingerprint density at radius 3 is 2.77 bits per heavy atom. The van der Waals surface area contributed by atoms with Gasteiger partial charge in [-0.25, -0.2) is 0 Å². The summed E-state index contributed by atoms with van der Waals surface area (Å²) >= 11 is 0. The molecule has 1 atom stereocenters. The Morgan fingerprint density at radius 1 is 1.23 bits per heavy atom. The lowest BCUT2D eigenvalue weighted by Gasteiger charge is -2.13. The van der Waals surface area contributed by atoms with Gasteiger partial charge in [0.1, 0.15) is 11.5 Å². The summed E-state index contributed by atoms with van der Waals surface area (Å²) in [5, 5.41) is 2.86. The van der Waals surface area contributed by atoms with Crippen LogP contribution in [0.25, 0.3) is 11.1 Å². The number of carbonyl (C=O) groups is 1. The Hall–Kier alpha value is -2.53. The van der Waals surface area contributed by atoms with E-state index in [9.17, 15) is 4.79 Å². The van der Waals surface area contributed by atoms with E-state index in [2.05, 4.69) is 24.4 Å². The first-order valence-electron chi connectivity index (χ1n) is 8.92. The lowest BCUT2D eigenvalue weighted by molar-refractivity contribution is -0.123. The molecular weight excluding hydrogens is 330 g/mol. The number of amides is 1. The molecule has 138 valence electrons. The lowest BCUT2D eigenvalue weighted by Crippen LogP contribution is -2.35. The topological polar surface area (TPSA) is 56.8 Å². The fraction of sp³-hybridized carbons (Fsp3) is 0.381. The SMILES string of the molecule is COc1cc(OCC(=O)NCC2CCCO2)cc(-c2ccccc2C)c1. The van der Waals surface area contributed by atoms with Gasteiger partial charge in [-0.1, -0.05) is 24.3 Å². The molecule has 1 saturated heterocycles. The van der Waals surface area contributed by atoms with E-state index in [1.165, 1.54) is 5.56 Å². The van der Waals surface area contributed by atoms with E-state index in [1.807, 2.05) is 24.3 Å². The average molecular weight is 355 g/mol. The molecule has 2 aromatic carbocycles. The van der Waals surface area contributed by atoms with Gasteiger partial charge in [0.15, 0.2) is 6.61 Å². The number of aryl methyl sites for hydroxylation is 1. The molecule has 3 rings (SSSR count). The predicted octanol–water partition coefficient (Wildman–Crippen LogP) is 3.34. The van der Waals surface area contributed by atoms with Crippen molar-refractivity contribution in [3.63, 3.8) is 0 Å². The molecule has 1 aliphatic rings. The number of hydrogen-bond acceptors (Lipinski definition) is 4. The number of carbonyl (C=O) groups excluding carboxylic acids is 1. The molecule has 1 unspecified atom stereocenters. The Kier molecular flexibility index (Phi) is 6.12. The van der Waals surface area contributed by atoms with Crippen LogP contribution in [0.3, 0.4) is 0 Å². The molecule has 2 aromatic rings. The van der Waals surface area contributed by atoms with Crippen LogP contribution in [-0.4, -0.2) is 38.9 Å². The van der Waals surface area contributed by atoms with Gasteiger partial charge in [0.25, 0.3) is 5.91 Å². The molecule has 0 bridgehead atoms. The monoisotopic (exact) mass is 355 g/mol. The van der Waals surface area contributed by atoms with Crippen molar-refractivity contribution in [1.82, 2.24) is 5.32 Å². The number of methoxy groups -OCH3 is 1. The number of nitrogens with one attached hydrogen (secondary N) is 1. The van der Waals surface area contributed by atoms with E-state index in [1.54, 1.807) is 13.2 Å². The summed E-state index contributed by atoms with van der Waals surface area (Å²) in [4.78, 5) is 12.0. The van der Waals surface area contributed by atoms with Crippen molar-refractivity contribution < 1.29 is 19.0 Å². The third-order valence-electron chi connectivity index (χ3n) is 4.49. The van der Waals surface area contributed by atoms with Crippen molar-refractivity contribution in [3.8, 4) is 22.6 Å². The number of benzene rings is 2. The summed E-state index contributed by atoms with van der Waals surface area (Å²) in [6, 6.07) is 13.8. The Bertz CT molecular complexity index is 753. The van der Waals surface area contributed by atoms with E-state index in [-0.39, 0.29) is 18.6 Å². The van der Waals surface area contributed by atoms with Crippen molar-refractivity contribution >= 4 is 5.91 Å². The van der Waals surface area contributed by atoms with E-state index >= 15 is 0 Å². The molecule has 5 heteroatoms. The van der Waals surface area contributed by atoms with Crippen molar-refractivity contribution in [2.75, 3.05) is 26.9 Å². The summed E-state index contributed by atoms with van der Waals surface area (Å²) in [7, 11) is 1.62. The van der Waals surface area contributed by atoms with Gasteiger partial charge in [0, 0.05) is 19.2 Å².